The van der Waals surface area contributed by atoms with Gasteiger partial charge in [0.2, 0.25) is 0 Å². The minimum atomic E-state index is 1.29. The molecule has 0 aliphatic carbocycles. The van der Waals surface area contributed by atoms with Crippen molar-refractivity contribution in [3.05, 3.63) is 84.9 Å². The van der Waals surface area contributed by atoms with Crippen LogP contribution < -0.4 is 0 Å². The molecule has 0 amide bonds. The molecule has 0 fully saturated rings. The molecule has 1 heteroatoms. The summed E-state index contributed by atoms with van der Waals surface area (Å²) in [6.45, 7) is 0. The third-order valence-corrected chi connectivity index (χ3v) is 5.66. The molecule has 0 N–H and O–H groups in total. The van der Waals surface area contributed by atoms with Crippen LogP contribution in [0.25, 0.3) is 42.1 Å². The van der Waals surface area contributed by atoms with E-state index in [0.717, 1.165) is 0 Å². The maximum absolute atomic E-state index is 2.34. The molecule has 23 heavy (non-hydrogen) atoms. The molecule has 108 valence electrons. The fourth-order valence-electron chi connectivity index (χ4n) is 3.41. The topological polar surface area (TPSA) is 0 Å². The Morgan fingerprint density at radius 1 is 0.565 bits per heavy atom. The highest BCUT2D eigenvalue weighted by atomic mass is 32.1. The summed E-state index contributed by atoms with van der Waals surface area (Å²) < 4.78 is 2.74. The van der Waals surface area contributed by atoms with Gasteiger partial charge in [-0.2, -0.15) is 0 Å². The predicted octanol–water partition coefficient (Wildman–Crippen LogP) is 6.87. The minimum absolute atomic E-state index is 1.29. The van der Waals surface area contributed by atoms with E-state index in [1.807, 2.05) is 11.3 Å². The van der Waals surface area contributed by atoms with Gasteiger partial charge in [0.25, 0.3) is 0 Å². The van der Waals surface area contributed by atoms with Crippen LogP contribution in [-0.2, 0) is 0 Å². The normalized spacial score (nSPS) is 11.5. The van der Waals surface area contributed by atoms with E-state index in [9.17, 15) is 0 Å². The molecule has 0 aliphatic rings. The van der Waals surface area contributed by atoms with Crippen LogP contribution in [0.2, 0.25) is 0 Å². The smallest absolute Gasteiger partial charge is 0.0440 e. The molecular formula is C22H14S. The molecule has 0 bridgehead atoms. The van der Waals surface area contributed by atoms with Crippen molar-refractivity contribution in [1.82, 2.24) is 0 Å². The molecule has 1 heterocycles. The van der Waals surface area contributed by atoms with Gasteiger partial charge in [-0.3, -0.25) is 0 Å². The summed E-state index contributed by atoms with van der Waals surface area (Å²) in [7, 11) is 0. The quantitative estimate of drug-likeness (QED) is 0.317. The summed E-state index contributed by atoms with van der Waals surface area (Å²) in [5, 5.41) is 5.36. The second-order valence-corrected chi connectivity index (χ2v) is 6.87. The molecule has 0 radical (unpaired) electrons. The maximum Gasteiger partial charge on any atom is 0.0440 e. The number of fused-ring (bicyclic) bond motifs is 4. The molecule has 0 spiro atoms. The van der Waals surface area contributed by atoms with Gasteiger partial charge in [0, 0.05) is 25.7 Å². The van der Waals surface area contributed by atoms with Crippen LogP contribution in [0.1, 0.15) is 0 Å². The Balaban J connectivity index is 2.06. The van der Waals surface area contributed by atoms with E-state index >= 15 is 0 Å². The first kappa shape index (κ1) is 12.9. The van der Waals surface area contributed by atoms with Crippen LogP contribution in [0.3, 0.4) is 0 Å². The number of hydrogen-bond donors (Lipinski definition) is 0. The first-order valence-corrected chi connectivity index (χ1v) is 8.62. The van der Waals surface area contributed by atoms with Crippen LogP contribution in [0.15, 0.2) is 84.9 Å². The van der Waals surface area contributed by atoms with Gasteiger partial charge in [0.1, 0.15) is 0 Å². The lowest BCUT2D eigenvalue weighted by atomic mass is 9.95. The predicted molar refractivity (Wildman–Crippen MR) is 102 cm³/mol. The highest BCUT2D eigenvalue weighted by molar-refractivity contribution is 7.26. The largest absolute Gasteiger partial charge is 0.135 e. The molecule has 5 aromatic rings. The molecule has 0 nitrogen and oxygen atoms in total. The van der Waals surface area contributed by atoms with E-state index in [1.165, 1.54) is 42.1 Å². The van der Waals surface area contributed by atoms with Gasteiger partial charge in [0.05, 0.1) is 0 Å². The van der Waals surface area contributed by atoms with Crippen molar-refractivity contribution in [2.24, 2.45) is 0 Å². The molecule has 0 aliphatic heterocycles. The van der Waals surface area contributed by atoms with Crippen molar-refractivity contribution in [2.45, 2.75) is 0 Å². The van der Waals surface area contributed by atoms with E-state index in [1.54, 1.807) is 0 Å². The second kappa shape index (κ2) is 4.94. The Morgan fingerprint density at radius 2 is 1.26 bits per heavy atom. The van der Waals surface area contributed by atoms with Crippen molar-refractivity contribution < 1.29 is 0 Å². The van der Waals surface area contributed by atoms with E-state index in [4.69, 9.17) is 0 Å². The zero-order valence-electron chi connectivity index (χ0n) is 12.5. The lowest BCUT2D eigenvalue weighted by Crippen LogP contribution is -1.82. The van der Waals surface area contributed by atoms with Crippen LogP contribution >= 0.6 is 11.3 Å². The SMILES string of the molecule is c1ccc(-c2c3ccccc3cc3c2sc2ccccc23)cc1. The highest BCUT2D eigenvalue weighted by Gasteiger charge is 2.13. The number of rotatable bonds is 1. The van der Waals surface area contributed by atoms with Gasteiger partial charge in [-0.05, 0) is 28.5 Å². The molecule has 5 rings (SSSR count). The van der Waals surface area contributed by atoms with E-state index < -0.39 is 0 Å². The second-order valence-electron chi connectivity index (χ2n) is 5.81. The summed E-state index contributed by atoms with van der Waals surface area (Å²) in [6.07, 6.45) is 0. The molecule has 0 saturated heterocycles. The van der Waals surface area contributed by atoms with Gasteiger partial charge in [-0.25, -0.2) is 0 Å². The summed E-state index contributed by atoms with van der Waals surface area (Å²) in [6, 6.07) is 30.5. The Morgan fingerprint density at radius 3 is 2.13 bits per heavy atom. The average molecular weight is 310 g/mol. The standard InChI is InChI=1S/C22H14S/c1-2-8-15(9-3-1)21-17-11-5-4-10-16(17)14-19-18-12-6-7-13-20(18)23-22(19)21/h1-14H. The molecule has 0 saturated carbocycles. The van der Waals surface area contributed by atoms with Gasteiger partial charge >= 0.3 is 0 Å². The van der Waals surface area contributed by atoms with Crippen molar-refractivity contribution in [3.63, 3.8) is 0 Å². The summed E-state index contributed by atoms with van der Waals surface area (Å²) in [5.74, 6) is 0. The van der Waals surface area contributed by atoms with Gasteiger partial charge in [-0.15, -0.1) is 11.3 Å². The Labute approximate surface area is 138 Å². The minimum Gasteiger partial charge on any atom is -0.135 e. The monoisotopic (exact) mass is 310 g/mol. The molecule has 4 aromatic carbocycles. The third-order valence-electron chi connectivity index (χ3n) is 4.45. The van der Waals surface area contributed by atoms with Crippen LogP contribution in [0.5, 0.6) is 0 Å². The molecular weight excluding hydrogens is 296 g/mol. The van der Waals surface area contributed by atoms with Crippen molar-refractivity contribution >= 4 is 42.3 Å². The van der Waals surface area contributed by atoms with E-state index in [-0.39, 0.29) is 0 Å². The van der Waals surface area contributed by atoms with Crippen LogP contribution in [0, 0.1) is 0 Å². The van der Waals surface area contributed by atoms with E-state index in [2.05, 4.69) is 84.9 Å². The van der Waals surface area contributed by atoms with E-state index in [0.29, 0.717) is 0 Å². The molecule has 0 atom stereocenters. The lowest BCUT2D eigenvalue weighted by Gasteiger charge is -2.09. The first-order valence-electron chi connectivity index (χ1n) is 7.80. The first-order chi connectivity index (χ1) is 11.4. The Kier molecular flexibility index (Phi) is 2.76. The maximum atomic E-state index is 2.34. The fraction of sp³-hybridized carbons (Fsp3) is 0. The zero-order chi connectivity index (χ0) is 15.2. The Bertz CT molecular complexity index is 1150. The van der Waals surface area contributed by atoms with Crippen molar-refractivity contribution in [3.8, 4) is 11.1 Å². The Hall–Kier alpha value is -2.64. The average Bonchev–Trinajstić information content (AvgIpc) is 2.98. The molecule has 1 aromatic heterocycles. The number of hydrogen-bond acceptors (Lipinski definition) is 1. The van der Waals surface area contributed by atoms with Crippen molar-refractivity contribution in [1.29, 1.82) is 0 Å². The van der Waals surface area contributed by atoms with Crippen LogP contribution in [-0.4, -0.2) is 0 Å². The fourth-order valence-corrected chi connectivity index (χ4v) is 4.68. The van der Waals surface area contributed by atoms with Gasteiger partial charge in [0.15, 0.2) is 0 Å². The third kappa shape index (κ3) is 1.90. The summed E-state index contributed by atoms with van der Waals surface area (Å²) >= 11 is 1.90. The summed E-state index contributed by atoms with van der Waals surface area (Å²) in [4.78, 5) is 0. The van der Waals surface area contributed by atoms with Gasteiger partial charge < -0.3 is 0 Å². The number of benzene rings is 4. The highest BCUT2D eigenvalue weighted by Crippen LogP contribution is 2.43. The van der Waals surface area contributed by atoms with Crippen LogP contribution in [0.4, 0.5) is 0 Å². The lowest BCUT2D eigenvalue weighted by molar-refractivity contribution is 1.69. The van der Waals surface area contributed by atoms with Gasteiger partial charge in [-0.1, -0.05) is 72.8 Å². The number of thiophene rings is 1. The molecule has 0 unspecified atom stereocenters. The van der Waals surface area contributed by atoms with Crippen molar-refractivity contribution in [2.75, 3.05) is 0 Å². The summed E-state index contributed by atoms with van der Waals surface area (Å²) in [5.41, 5.74) is 2.65. The zero-order valence-corrected chi connectivity index (χ0v) is 13.3.